The fraction of sp³-hybridized carbons (Fsp3) is 0.227. The molecule has 5 nitrogen and oxygen atoms in total. The minimum atomic E-state index is 0.620. The highest BCUT2D eigenvalue weighted by Crippen LogP contribution is 2.27. The summed E-state index contributed by atoms with van der Waals surface area (Å²) in [4.78, 5) is 8.14. The molecular formula is C22H23N3O2S. The third-order valence-electron chi connectivity index (χ3n) is 4.63. The Kier molecular flexibility index (Phi) is 5.60. The van der Waals surface area contributed by atoms with Crippen molar-refractivity contribution in [2.45, 2.75) is 6.54 Å². The summed E-state index contributed by atoms with van der Waals surface area (Å²) < 4.78 is 13.2. The summed E-state index contributed by atoms with van der Waals surface area (Å²) in [5.74, 6) is 1.68. The van der Waals surface area contributed by atoms with Crippen molar-refractivity contribution >= 4 is 16.3 Å². The van der Waals surface area contributed by atoms with Crippen LogP contribution in [0.3, 0.4) is 0 Å². The lowest BCUT2D eigenvalue weighted by atomic mass is 10.1. The number of benzene rings is 2. The van der Waals surface area contributed by atoms with Gasteiger partial charge in [-0.2, -0.15) is 0 Å². The van der Waals surface area contributed by atoms with Crippen molar-refractivity contribution < 1.29 is 9.47 Å². The summed E-state index contributed by atoms with van der Waals surface area (Å²) in [6.07, 6.45) is 2.09. The van der Waals surface area contributed by atoms with Gasteiger partial charge in [0.25, 0.3) is 0 Å². The molecule has 0 unspecified atom stereocenters. The molecule has 0 fully saturated rings. The summed E-state index contributed by atoms with van der Waals surface area (Å²) in [7, 11) is 3.77. The van der Waals surface area contributed by atoms with Crippen LogP contribution in [-0.4, -0.2) is 41.6 Å². The maximum absolute atomic E-state index is 5.87. The van der Waals surface area contributed by atoms with E-state index in [1.54, 1.807) is 18.4 Å². The Balaban J connectivity index is 1.43. The number of hydrogen-bond acceptors (Lipinski definition) is 5. The Hall–Kier alpha value is -2.83. The van der Waals surface area contributed by atoms with Crippen LogP contribution in [0.5, 0.6) is 11.5 Å². The molecule has 2 aromatic carbocycles. The Morgan fingerprint density at radius 2 is 1.79 bits per heavy atom. The first-order valence-electron chi connectivity index (χ1n) is 9.20. The maximum Gasteiger partial charge on any atom is 0.194 e. The second kappa shape index (κ2) is 8.46. The SMILES string of the molecule is COc1ccc(OCCN(C)Cc2c(-c3ccccc3)nc3sccn23)cc1. The predicted molar refractivity (Wildman–Crippen MR) is 113 cm³/mol. The van der Waals surface area contributed by atoms with Gasteiger partial charge in [0.2, 0.25) is 0 Å². The van der Waals surface area contributed by atoms with Crippen molar-refractivity contribution in [1.82, 2.24) is 14.3 Å². The largest absolute Gasteiger partial charge is 0.497 e. The molecule has 0 spiro atoms. The molecule has 0 N–H and O–H groups in total. The van der Waals surface area contributed by atoms with E-state index in [2.05, 4.69) is 52.2 Å². The van der Waals surface area contributed by atoms with E-state index in [9.17, 15) is 0 Å². The van der Waals surface area contributed by atoms with Crippen LogP contribution in [-0.2, 0) is 6.54 Å². The summed E-state index contributed by atoms with van der Waals surface area (Å²) in [5.41, 5.74) is 3.40. The van der Waals surface area contributed by atoms with E-state index in [1.165, 1.54) is 5.69 Å². The number of fused-ring (bicyclic) bond motifs is 1. The zero-order chi connectivity index (χ0) is 19.3. The number of thiazole rings is 1. The third kappa shape index (κ3) is 4.03. The molecule has 0 bridgehead atoms. The van der Waals surface area contributed by atoms with Gasteiger partial charge in [-0.15, -0.1) is 11.3 Å². The highest BCUT2D eigenvalue weighted by molar-refractivity contribution is 7.15. The third-order valence-corrected chi connectivity index (χ3v) is 5.39. The van der Waals surface area contributed by atoms with Gasteiger partial charge in [0.1, 0.15) is 18.1 Å². The number of aromatic nitrogens is 2. The average Bonchev–Trinajstić information content (AvgIpc) is 3.32. The van der Waals surface area contributed by atoms with Crippen molar-refractivity contribution in [3.05, 3.63) is 71.9 Å². The van der Waals surface area contributed by atoms with E-state index in [4.69, 9.17) is 14.5 Å². The molecule has 0 atom stereocenters. The zero-order valence-corrected chi connectivity index (χ0v) is 16.9. The number of likely N-dealkylation sites (N-methyl/N-ethyl adjacent to an activating group) is 1. The summed E-state index contributed by atoms with van der Waals surface area (Å²) in [6.45, 7) is 2.24. The Bertz CT molecular complexity index is 1030. The molecule has 0 saturated carbocycles. The topological polar surface area (TPSA) is 39.0 Å². The summed E-state index contributed by atoms with van der Waals surface area (Å²) in [6, 6.07) is 18.0. The first-order chi connectivity index (χ1) is 13.7. The van der Waals surface area contributed by atoms with Crippen molar-refractivity contribution in [1.29, 1.82) is 0 Å². The fourth-order valence-corrected chi connectivity index (χ4v) is 3.87. The molecule has 144 valence electrons. The van der Waals surface area contributed by atoms with Gasteiger partial charge < -0.3 is 9.47 Å². The molecule has 0 aliphatic rings. The maximum atomic E-state index is 5.87. The van der Waals surface area contributed by atoms with Crippen LogP contribution in [0, 0.1) is 0 Å². The minimum Gasteiger partial charge on any atom is -0.497 e. The molecule has 0 aliphatic carbocycles. The van der Waals surface area contributed by atoms with Crippen LogP contribution in [0.25, 0.3) is 16.2 Å². The van der Waals surface area contributed by atoms with Gasteiger partial charge in [-0.25, -0.2) is 4.98 Å². The zero-order valence-electron chi connectivity index (χ0n) is 16.0. The Morgan fingerprint density at radius 1 is 1.04 bits per heavy atom. The van der Waals surface area contributed by atoms with Gasteiger partial charge in [-0.05, 0) is 31.3 Å². The van der Waals surface area contributed by atoms with E-state index < -0.39 is 0 Å². The smallest absolute Gasteiger partial charge is 0.194 e. The Morgan fingerprint density at radius 3 is 2.54 bits per heavy atom. The molecular weight excluding hydrogens is 370 g/mol. The van der Waals surface area contributed by atoms with Crippen LogP contribution >= 0.6 is 11.3 Å². The molecule has 4 rings (SSSR count). The molecule has 0 saturated heterocycles. The lowest BCUT2D eigenvalue weighted by Gasteiger charge is -2.17. The van der Waals surface area contributed by atoms with Gasteiger partial charge in [0.15, 0.2) is 4.96 Å². The molecule has 0 aliphatic heterocycles. The van der Waals surface area contributed by atoms with Gasteiger partial charge in [0.05, 0.1) is 18.5 Å². The first-order valence-corrected chi connectivity index (χ1v) is 10.1. The monoisotopic (exact) mass is 393 g/mol. The van der Waals surface area contributed by atoms with Gasteiger partial charge >= 0.3 is 0 Å². The normalized spacial score (nSPS) is 11.2. The number of nitrogens with zero attached hydrogens (tertiary/aromatic N) is 3. The number of methoxy groups -OCH3 is 1. The molecule has 6 heteroatoms. The molecule has 4 aromatic rings. The van der Waals surface area contributed by atoms with Crippen LogP contribution in [0.4, 0.5) is 0 Å². The molecule has 0 amide bonds. The van der Waals surface area contributed by atoms with Crippen LogP contribution in [0.2, 0.25) is 0 Å². The minimum absolute atomic E-state index is 0.620. The first kappa shape index (κ1) is 18.5. The highest BCUT2D eigenvalue weighted by Gasteiger charge is 2.16. The van der Waals surface area contributed by atoms with Crippen LogP contribution in [0.15, 0.2) is 66.2 Å². The number of rotatable bonds is 8. The van der Waals surface area contributed by atoms with Gasteiger partial charge in [-0.1, -0.05) is 30.3 Å². The molecule has 0 radical (unpaired) electrons. The summed E-state index contributed by atoms with van der Waals surface area (Å²) in [5, 5.41) is 2.08. The van der Waals surface area contributed by atoms with E-state index in [1.807, 2.05) is 30.3 Å². The lowest BCUT2D eigenvalue weighted by Crippen LogP contribution is -2.24. The second-order valence-electron chi connectivity index (χ2n) is 6.59. The number of imidazole rings is 1. The predicted octanol–water partition coefficient (Wildman–Crippen LogP) is 4.58. The standard InChI is InChI=1S/C22H23N3O2S/c1-24(12-14-27-19-10-8-18(26-2)9-11-19)16-20-21(17-6-4-3-5-7-17)23-22-25(20)13-15-28-22/h3-11,13,15H,12,14,16H2,1-2H3. The number of ether oxygens (including phenoxy) is 2. The fourth-order valence-electron chi connectivity index (χ4n) is 3.14. The van der Waals surface area contributed by atoms with Crippen molar-refractivity contribution in [3.8, 4) is 22.8 Å². The molecule has 2 heterocycles. The average molecular weight is 394 g/mol. The van der Waals surface area contributed by atoms with E-state index in [-0.39, 0.29) is 0 Å². The Labute approximate surface area is 168 Å². The lowest BCUT2D eigenvalue weighted by molar-refractivity contribution is 0.231. The van der Waals surface area contributed by atoms with E-state index in [0.717, 1.165) is 40.8 Å². The van der Waals surface area contributed by atoms with Gasteiger partial charge in [-0.3, -0.25) is 9.30 Å². The van der Waals surface area contributed by atoms with Crippen molar-refractivity contribution in [2.75, 3.05) is 27.3 Å². The second-order valence-corrected chi connectivity index (χ2v) is 7.46. The van der Waals surface area contributed by atoms with Crippen LogP contribution < -0.4 is 9.47 Å². The number of hydrogen-bond donors (Lipinski definition) is 0. The van der Waals surface area contributed by atoms with Crippen molar-refractivity contribution in [3.63, 3.8) is 0 Å². The van der Waals surface area contributed by atoms with E-state index >= 15 is 0 Å². The highest BCUT2D eigenvalue weighted by atomic mass is 32.1. The quantitative estimate of drug-likeness (QED) is 0.439. The van der Waals surface area contributed by atoms with E-state index in [0.29, 0.717) is 6.61 Å². The summed E-state index contributed by atoms with van der Waals surface area (Å²) >= 11 is 1.66. The molecule has 2 aromatic heterocycles. The molecule has 28 heavy (non-hydrogen) atoms. The van der Waals surface area contributed by atoms with Crippen molar-refractivity contribution in [2.24, 2.45) is 0 Å². The van der Waals surface area contributed by atoms with Gasteiger partial charge in [0, 0.05) is 30.2 Å². The van der Waals surface area contributed by atoms with Crippen LogP contribution in [0.1, 0.15) is 5.69 Å².